The quantitative estimate of drug-likeness (QED) is 0.860. The molecule has 0 bridgehead atoms. The van der Waals surface area contributed by atoms with Gasteiger partial charge < -0.3 is 5.32 Å². The Morgan fingerprint density at radius 3 is 2.76 bits per heavy atom. The van der Waals surface area contributed by atoms with E-state index in [4.69, 9.17) is 0 Å². The summed E-state index contributed by atoms with van der Waals surface area (Å²) >= 11 is 2.00. The molecule has 1 saturated carbocycles. The minimum Gasteiger partial charge on any atom is -0.309 e. The van der Waals surface area contributed by atoms with E-state index in [1.807, 2.05) is 18.0 Å². The molecular weight excluding hydrogens is 228 g/mol. The summed E-state index contributed by atoms with van der Waals surface area (Å²) in [5.74, 6) is 0. The molecule has 17 heavy (non-hydrogen) atoms. The number of rotatable bonds is 5. The smallest absolute Gasteiger partial charge is 0.0571 e. The van der Waals surface area contributed by atoms with Crippen LogP contribution in [0.1, 0.15) is 51.3 Å². The number of hydrogen-bond donors (Lipinski definition) is 1. The highest BCUT2D eigenvalue weighted by molar-refractivity contribution is 8.00. The van der Waals surface area contributed by atoms with Crippen LogP contribution in [0.2, 0.25) is 0 Å². The van der Waals surface area contributed by atoms with Crippen molar-refractivity contribution >= 4 is 11.8 Å². The second-order valence-corrected chi connectivity index (χ2v) is 6.10. The second kappa shape index (κ2) is 6.41. The molecule has 1 aromatic rings. The SMILES string of the molecule is CCNC(C)c1ccc(SC2CCCC2)cn1. The van der Waals surface area contributed by atoms with Crippen LogP contribution in [0.5, 0.6) is 0 Å². The van der Waals surface area contributed by atoms with Crippen molar-refractivity contribution in [2.75, 3.05) is 6.54 Å². The van der Waals surface area contributed by atoms with Crippen LogP contribution in [-0.2, 0) is 0 Å². The first-order valence-electron chi connectivity index (χ1n) is 6.65. The van der Waals surface area contributed by atoms with E-state index in [0.717, 1.165) is 17.5 Å². The summed E-state index contributed by atoms with van der Waals surface area (Å²) in [7, 11) is 0. The van der Waals surface area contributed by atoms with Crippen molar-refractivity contribution in [3.63, 3.8) is 0 Å². The minimum atomic E-state index is 0.352. The molecule has 0 aliphatic heterocycles. The van der Waals surface area contributed by atoms with E-state index in [9.17, 15) is 0 Å². The van der Waals surface area contributed by atoms with Gasteiger partial charge in [-0.25, -0.2) is 0 Å². The summed E-state index contributed by atoms with van der Waals surface area (Å²) in [6.07, 6.45) is 7.59. The first kappa shape index (κ1) is 12.9. The number of aromatic nitrogens is 1. The van der Waals surface area contributed by atoms with Gasteiger partial charge in [-0.2, -0.15) is 0 Å². The predicted molar refractivity (Wildman–Crippen MR) is 74.4 cm³/mol. The third kappa shape index (κ3) is 3.71. The summed E-state index contributed by atoms with van der Waals surface area (Å²) in [5, 5.41) is 4.21. The second-order valence-electron chi connectivity index (χ2n) is 4.72. The molecule has 1 unspecified atom stereocenters. The predicted octanol–water partition coefficient (Wildman–Crippen LogP) is 3.79. The Morgan fingerprint density at radius 1 is 1.41 bits per heavy atom. The van der Waals surface area contributed by atoms with Gasteiger partial charge in [0.1, 0.15) is 0 Å². The third-order valence-electron chi connectivity index (χ3n) is 3.32. The first-order valence-corrected chi connectivity index (χ1v) is 7.53. The van der Waals surface area contributed by atoms with Crippen LogP contribution in [0.25, 0.3) is 0 Å². The van der Waals surface area contributed by atoms with Crippen molar-refractivity contribution in [3.8, 4) is 0 Å². The van der Waals surface area contributed by atoms with Gasteiger partial charge in [-0.15, -0.1) is 11.8 Å². The van der Waals surface area contributed by atoms with Gasteiger partial charge in [-0.3, -0.25) is 4.98 Å². The fraction of sp³-hybridized carbons (Fsp3) is 0.643. The van der Waals surface area contributed by atoms with Crippen molar-refractivity contribution in [2.24, 2.45) is 0 Å². The fourth-order valence-electron chi connectivity index (χ4n) is 2.33. The fourth-order valence-corrected chi connectivity index (χ4v) is 3.54. The normalized spacial score (nSPS) is 18.5. The zero-order chi connectivity index (χ0) is 12.1. The summed E-state index contributed by atoms with van der Waals surface area (Å²) in [5.41, 5.74) is 1.14. The van der Waals surface area contributed by atoms with Gasteiger partial charge in [0, 0.05) is 22.4 Å². The number of thioether (sulfide) groups is 1. The standard InChI is InChI=1S/C14H22N2S/c1-3-15-11(2)14-9-8-13(10-16-14)17-12-6-4-5-7-12/h8-12,15H,3-7H2,1-2H3. The van der Waals surface area contributed by atoms with E-state index in [1.165, 1.54) is 30.6 Å². The molecule has 94 valence electrons. The molecule has 3 heteroatoms. The zero-order valence-electron chi connectivity index (χ0n) is 10.8. The molecule has 1 heterocycles. The summed E-state index contributed by atoms with van der Waals surface area (Å²) in [4.78, 5) is 5.88. The summed E-state index contributed by atoms with van der Waals surface area (Å²) in [6, 6.07) is 4.73. The number of hydrogen-bond acceptors (Lipinski definition) is 3. The Balaban J connectivity index is 1.92. The molecule has 1 aliphatic rings. The Morgan fingerprint density at radius 2 is 2.18 bits per heavy atom. The zero-order valence-corrected chi connectivity index (χ0v) is 11.6. The van der Waals surface area contributed by atoms with Crippen LogP contribution >= 0.6 is 11.8 Å². The molecule has 0 amide bonds. The largest absolute Gasteiger partial charge is 0.309 e. The van der Waals surface area contributed by atoms with Crippen molar-refractivity contribution in [2.45, 2.75) is 55.7 Å². The highest BCUT2D eigenvalue weighted by Crippen LogP contribution is 2.34. The van der Waals surface area contributed by atoms with Crippen molar-refractivity contribution < 1.29 is 0 Å². The number of pyridine rings is 1. The molecule has 0 radical (unpaired) electrons. The number of nitrogens with one attached hydrogen (secondary N) is 1. The van der Waals surface area contributed by atoms with Crippen LogP contribution < -0.4 is 5.32 Å². The lowest BCUT2D eigenvalue weighted by molar-refractivity contribution is 0.582. The van der Waals surface area contributed by atoms with E-state index in [-0.39, 0.29) is 0 Å². The van der Waals surface area contributed by atoms with Gasteiger partial charge in [0.2, 0.25) is 0 Å². The molecular formula is C14H22N2S. The van der Waals surface area contributed by atoms with E-state index in [2.05, 4.69) is 36.3 Å². The van der Waals surface area contributed by atoms with Crippen LogP contribution in [-0.4, -0.2) is 16.8 Å². The molecule has 0 saturated heterocycles. The van der Waals surface area contributed by atoms with Crippen LogP contribution in [0.3, 0.4) is 0 Å². The summed E-state index contributed by atoms with van der Waals surface area (Å²) in [6.45, 7) is 5.28. The Labute approximate surface area is 109 Å². The lowest BCUT2D eigenvalue weighted by Gasteiger charge is -2.13. The molecule has 1 N–H and O–H groups in total. The maximum atomic E-state index is 4.56. The van der Waals surface area contributed by atoms with Gasteiger partial charge >= 0.3 is 0 Å². The van der Waals surface area contributed by atoms with Crippen LogP contribution in [0.4, 0.5) is 0 Å². The van der Waals surface area contributed by atoms with Gasteiger partial charge in [-0.1, -0.05) is 19.8 Å². The molecule has 0 aromatic carbocycles. The van der Waals surface area contributed by atoms with Gasteiger partial charge in [0.15, 0.2) is 0 Å². The van der Waals surface area contributed by atoms with Crippen molar-refractivity contribution in [1.29, 1.82) is 0 Å². The molecule has 1 fully saturated rings. The lowest BCUT2D eigenvalue weighted by Crippen LogP contribution is -2.18. The van der Waals surface area contributed by atoms with Crippen molar-refractivity contribution in [1.82, 2.24) is 10.3 Å². The van der Waals surface area contributed by atoms with Crippen LogP contribution in [0.15, 0.2) is 23.2 Å². The average molecular weight is 250 g/mol. The van der Waals surface area contributed by atoms with Gasteiger partial charge in [0.05, 0.1) is 5.69 Å². The molecule has 1 aliphatic carbocycles. The molecule has 1 atom stereocenters. The Bertz CT molecular complexity index is 331. The van der Waals surface area contributed by atoms with E-state index >= 15 is 0 Å². The highest BCUT2D eigenvalue weighted by atomic mass is 32.2. The Kier molecular flexibility index (Phi) is 4.86. The lowest BCUT2D eigenvalue weighted by atomic mass is 10.2. The number of nitrogens with zero attached hydrogens (tertiary/aromatic N) is 1. The first-order chi connectivity index (χ1) is 8.29. The monoisotopic (exact) mass is 250 g/mol. The van der Waals surface area contributed by atoms with E-state index in [0.29, 0.717) is 6.04 Å². The van der Waals surface area contributed by atoms with Crippen molar-refractivity contribution in [3.05, 3.63) is 24.0 Å². The van der Waals surface area contributed by atoms with E-state index < -0.39 is 0 Å². The topological polar surface area (TPSA) is 24.9 Å². The van der Waals surface area contributed by atoms with Crippen LogP contribution in [0, 0.1) is 0 Å². The van der Waals surface area contributed by atoms with Gasteiger partial charge in [0.25, 0.3) is 0 Å². The molecule has 2 rings (SSSR count). The maximum Gasteiger partial charge on any atom is 0.0571 e. The average Bonchev–Trinajstić information content (AvgIpc) is 2.83. The minimum absolute atomic E-state index is 0.352. The van der Waals surface area contributed by atoms with Gasteiger partial charge in [-0.05, 0) is 38.4 Å². The molecule has 2 nitrogen and oxygen atoms in total. The maximum absolute atomic E-state index is 4.56. The Hall–Kier alpha value is -0.540. The van der Waals surface area contributed by atoms with E-state index in [1.54, 1.807) is 0 Å². The molecule has 1 aromatic heterocycles. The molecule has 0 spiro atoms. The summed E-state index contributed by atoms with van der Waals surface area (Å²) < 4.78 is 0. The third-order valence-corrected chi connectivity index (χ3v) is 4.64. The highest BCUT2D eigenvalue weighted by Gasteiger charge is 2.16.